The average molecular weight is 463 g/mol. The van der Waals surface area contributed by atoms with E-state index in [0.29, 0.717) is 16.4 Å². The molecular weight excluding hydrogens is 446 g/mol. The molecule has 28 heavy (non-hydrogen) atoms. The van der Waals surface area contributed by atoms with Crippen LogP contribution in [-0.2, 0) is 0 Å². The summed E-state index contributed by atoms with van der Waals surface area (Å²) >= 11 is 9.53. The predicted octanol–water partition coefficient (Wildman–Crippen LogP) is 4.32. The topological polar surface area (TPSA) is 87.4 Å². The van der Waals surface area contributed by atoms with Crippen LogP contribution in [0.2, 0.25) is 5.02 Å². The Morgan fingerprint density at radius 3 is 2.54 bits per heavy atom. The van der Waals surface area contributed by atoms with Crippen molar-refractivity contribution in [1.82, 2.24) is 9.55 Å². The molecule has 0 radical (unpaired) electrons. The number of aromatic hydroxyl groups is 1. The van der Waals surface area contributed by atoms with Crippen LogP contribution in [0.15, 0.2) is 49.4 Å². The zero-order chi connectivity index (χ0) is 20.6. The van der Waals surface area contributed by atoms with Crippen LogP contribution < -0.4 is 11.2 Å². The van der Waals surface area contributed by atoms with Gasteiger partial charge in [-0.05, 0) is 61.7 Å². The summed E-state index contributed by atoms with van der Waals surface area (Å²) in [5, 5.41) is 11.2. The predicted molar refractivity (Wildman–Crippen MR) is 115 cm³/mol. The Balaban J connectivity index is 2.17. The van der Waals surface area contributed by atoms with Crippen molar-refractivity contribution in [2.24, 2.45) is 4.99 Å². The van der Waals surface area contributed by atoms with Gasteiger partial charge >= 0.3 is 5.69 Å². The second-order valence-corrected chi connectivity index (χ2v) is 7.60. The number of halogens is 2. The Labute approximate surface area is 174 Å². The van der Waals surface area contributed by atoms with Gasteiger partial charge in [-0.15, -0.1) is 0 Å². The molecule has 3 rings (SSSR count). The molecule has 0 saturated carbocycles. The Kier molecular flexibility index (Phi) is 5.58. The lowest BCUT2D eigenvalue weighted by Crippen LogP contribution is -2.31. The molecule has 0 fully saturated rings. The van der Waals surface area contributed by atoms with E-state index in [1.807, 2.05) is 20.8 Å². The third-order valence-electron chi connectivity index (χ3n) is 4.55. The van der Waals surface area contributed by atoms with Gasteiger partial charge in [0.1, 0.15) is 5.56 Å². The molecule has 1 aromatic heterocycles. The van der Waals surface area contributed by atoms with E-state index in [1.165, 1.54) is 6.21 Å². The molecule has 0 atom stereocenters. The number of nitrogens with zero attached hydrogens (tertiary/aromatic N) is 2. The second-order valence-electron chi connectivity index (χ2n) is 6.34. The number of nitrogens with one attached hydrogen (secondary N) is 1. The van der Waals surface area contributed by atoms with E-state index < -0.39 is 17.1 Å². The van der Waals surface area contributed by atoms with Gasteiger partial charge in [0, 0.05) is 15.7 Å². The molecule has 0 bridgehead atoms. The number of H-pyrrole nitrogens is 1. The number of hydrogen-bond donors (Lipinski definition) is 2. The third kappa shape index (κ3) is 3.68. The molecule has 1 heterocycles. The molecule has 2 aromatic carbocycles. The zero-order valence-electron chi connectivity index (χ0n) is 15.4. The summed E-state index contributed by atoms with van der Waals surface area (Å²) in [6, 6.07) is 8.65. The molecule has 0 spiro atoms. The average Bonchev–Trinajstić information content (AvgIpc) is 2.64. The maximum Gasteiger partial charge on any atom is 0.335 e. The van der Waals surface area contributed by atoms with Crippen LogP contribution in [0.1, 0.15) is 22.3 Å². The highest BCUT2D eigenvalue weighted by molar-refractivity contribution is 9.10. The standard InChI is InChI=1S/C20H17BrClN3O3/c1-10-4-5-13(8-16(10)22)23-9-14-18(26)24-20(28)25(19(14)27)17-7-6-15(21)11(2)12(17)3/h4-9,27H,1-3H3,(H,24,26,28). The molecule has 0 aliphatic carbocycles. The minimum Gasteiger partial charge on any atom is -0.493 e. The minimum absolute atomic E-state index is 0.128. The molecule has 8 heteroatoms. The van der Waals surface area contributed by atoms with Crippen molar-refractivity contribution in [2.45, 2.75) is 20.8 Å². The fourth-order valence-electron chi connectivity index (χ4n) is 2.70. The van der Waals surface area contributed by atoms with E-state index in [4.69, 9.17) is 11.6 Å². The summed E-state index contributed by atoms with van der Waals surface area (Å²) in [7, 11) is 0. The number of rotatable bonds is 3. The highest BCUT2D eigenvalue weighted by Gasteiger charge is 2.17. The maximum atomic E-state index is 12.4. The normalized spacial score (nSPS) is 11.3. The first-order chi connectivity index (χ1) is 13.2. The molecule has 0 aliphatic heterocycles. The molecule has 0 unspecified atom stereocenters. The van der Waals surface area contributed by atoms with Crippen LogP contribution in [-0.4, -0.2) is 20.9 Å². The van der Waals surface area contributed by atoms with E-state index in [-0.39, 0.29) is 5.56 Å². The van der Waals surface area contributed by atoms with E-state index in [2.05, 4.69) is 25.9 Å². The first-order valence-corrected chi connectivity index (χ1v) is 9.52. The van der Waals surface area contributed by atoms with Crippen LogP contribution in [0.3, 0.4) is 0 Å². The summed E-state index contributed by atoms with van der Waals surface area (Å²) in [5.74, 6) is -0.486. The fourth-order valence-corrected chi connectivity index (χ4v) is 3.30. The Morgan fingerprint density at radius 2 is 1.86 bits per heavy atom. The molecule has 2 N–H and O–H groups in total. The van der Waals surface area contributed by atoms with E-state index in [1.54, 1.807) is 30.3 Å². The van der Waals surface area contributed by atoms with Crippen LogP contribution in [0.25, 0.3) is 5.69 Å². The molecule has 0 saturated heterocycles. The summed E-state index contributed by atoms with van der Waals surface area (Å²) in [4.78, 5) is 31.1. The summed E-state index contributed by atoms with van der Waals surface area (Å²) in [5.41, 5.74) is 1.99. The summed E-state index contributed by atoms with van der Waals surface area (Å²) in [6.45, 7) is 5.58. The number of aromatic nitrogens is 2. The van der Waals surface area contributed by atoms with Gasteiger partial charge in [-0.2, -0.15) is 0 Å². The van der Waals surface area contributed by atoms with Crippen molar-refractivity contribution in [3.63, 3.8) is 0 Å². The Morgan fingerprint density at radius 1 is 1.14 bits per heavy atom. The maximum absolute atomic E-state index is 12.4. The number of aromatic amines is 1. The third-order valence-corrected chi connectivity index (χ3v) is 5.82. The lowest BCUT2D eigenvalue weighted by molar-refractivity contribution is 0.430. The SMILES string of the molecule is Cc1ccc(N=Cc2c(O)n(-c3ccc(Br)c(C)c3C)c(=O)[nH]c2=O)cc1Cl. The highest BCUT2D eigenvalue weighted by Crippen LogP contribution is 2.27. The number of benzene rings is 2. The van der Waals surface area contributed by atoms with E-state index >= 15 is 0 Å². The van der Waals surface area contributed by atoms with Crippen molar-refractivity contribution in [1.29, 1.82) is 0 Å². The zero-order valence-corrected chi connectivity index (χ0v) is 17.7. The Hall–Kier alpha value is -2.64. The monoisotopic (exact) mass is 461 g/mol. The van der Waals surface area contributed by atoms with Gasteiger partial charge in [-0.25, -0.2) is 9.36 Å². The molecular formula is C20H17BrClN3O3. The first-order valence-electron chi connectivity index (χ1n) is 8.35. The van der Waals surface area contributed by atoms with E-state index in [9.17, 15) is 14.7 Å². The van der Waals surface area contributed by atoms with Crippen LogP contribution in [0.4, 0.5) is 5.69 Å². The number of hydrogen-bond acceptors (Lipinski definition) is 4. The van der Waals surface area contributed by atoms with E-state index in [0.717, 1.165) is 25.7 Å². The second kappa shape index (κ2) is 7.77. The number of aryl methyl sites for hydroxylation is 1. The summed E-state index contributed by atoms with van der Waals surface area (Å²) in [6.07, 6.45) is 1.21. The quantitative estimate of drug-likeness (QED) is 0.568. The lowest BCUT2D eigenvalue weighted by Gasteiger charge is -2.14. The van der Waals surface area contributed by atoms with Gasteiger partial charge in [0.05, 0.1) is 11.4 Å². The van der Waals surface area contributed by atoms with Gasteiger partial charge in [-0.3, -0.25) is 14.8 Å². The van der Waals surface area contributed by atoms with Crippen molar-refractivity contribution in [3.05, 3.63) is 82.9 Å². The van der Waals surface area contributed by atoms with Gasteiger partial charge in [0.2, 0.25) is 5.88 Å². The Bertz CT molecular complexity index is 1230. The van der Waals surface area contributed by atoms with Crippen LogP contribution >= 0.6 is 27.5 Å². The molecule has 0 aliphatic rings. The largest absolute Gasteiger partial charge is 0.493 e. The minimum atomic E-state index is -0.733. The summed E-state index contributed by atoms with van der Waals surface area (Å²) < 4.78 is 1.93. The molecule has 6 nitrogen and oxygen atoms in total. The van der Waals surface area contributed by atoms with Gasteiger partial charge in [0.25, 0.3) is 5.56 Å². The van der Waals surface area contributed by atoms with Crippen molar-refractivity contribution >= 4 is 39.4 Å². The van der Waals surface area contributed by atoms with Gasteiger partial charge in [0.15, 0.2) is 0 Å². The van der Waals surface area contributed by atoms with Gasteiger partial charge in [-0.1, -0.05) is 33.6 Å². The van der Waals surface area contributed by atoms with Crippen LogP contribution in [0, 0.1) is 20.8 Å². The van der Waals surface area contributed by atoms with Gasteiger partial charge < -0.3 is 5.11 Å². The van der Waals surface area contributed by atoms with Crippen molar-refractivity contribution in [2.75, 3.05) is 0 Å². The lowest BCUT2D eigenvalue weighted by atomic mass is 10.1. The smallest absolute Gasteiger partial charge is 0.335 e. The highest BCUT2D eigenvalue weighted by atomic mass is 79.9. The number of aliphatic imine (C=N–C) groups is 1. The molecule has 0 amide bonds. The van der Waals surface area contributed by atoms with Crippen LogP contribution in [0.5, 0.6) is 5.88 Å². The van der Waals surface area contributed by atoms with Crippen molar-refractivity contribution < 1.29 is 5.11 Å². The fraction of sp³-hybridized carbons (Fsp3) is 0.150. The first kappa shape index (κ1) is 20.1. The van der Waals surface area contributed by atoms with Crippen molar-refractivity contribution in [3.8, 4) is 11.6 Å². The molecule has 144 valence electrons. The molecule has 3 aromatic rings.